The molecular formula is C20H23N3O3S. The molecule has 0 saturated heterocycles. The van der Waals surface area contributed by atoms with Crippen LogP contribution in [0.1, 0.15) is 41.2 Å². The van der Waals surface area contributed by atoms with Crippen LogP contribution in [0, 0.1) is 13.8 Å². The third-order valence-corrected chi connectivity index (χ3v) is 5.41. The molecule has 0 aliphatic heterocycles. The summed E-state index contributed by atoms with van der Waals surface area (Å²) in [6.07, 6.45) is 0.963. The van der Waals surface area contributed by atoms with Crippen molar-refractivity contribution in [2.24, 2.45) is 0 Å². The Morgan fingerprint density at radius 1 is 1.22 bits per heavy atom. The molecule has 0 unspecified atom stereocenters. The van der Waals surface area contributed by atoms with Crippen LogP contribution in [0.3, 0.4) is 0 Å². The molecule has 0 bridgehead atoms. The molecule has 1 amide bonds. The molecule has 0 spiro atoms. The number of hydrogen-bond donors (Lipinski definition) is 1. The number of esters is 1. The number of fused-ring (bicyclic) bond motifs is 1. The van der Waals surface area contributed by atoms with Crippen LogP contribution in [-0.4, -0.2) is 28.0 Å². The van der Waals surface area contributed by atoms with Crippen LogP contribution >= 0.6 is 11.3 Å². The minimum absolute atomic E-state index is 0.118. The molecule has 0 saturated carbocycles. The quantitative estimate of drug-likeness (QED) is 0.649. The van der Waals surface area contributed by atoms with Gasteiger partial charge in [0.05, 0.1) is 22.4 Å². The number of nitrogens with zero attached hydrogens (tertiary/aromatic N) is 2. The van der Waals surface area contributed by atoms with E-state index in [9.17, 15) is 9.59 Å². The molecule has 1 N–H and O–H groups in total. The fraction of sp³-hybridized carbons (Fsp3) is 0.350. The molecule has 7 heteroatoms. The van der Waals surface area contributed by atoms with Crippen LogP contribution in [0.25, 0.3) is 10.2 Å². The lowest BCUT2D eigenvalue weighted by molar-refractivity contribution is -0.116. The van der Waals surface area contributed by atoms with Crippen molar-refractivity contribution in [1.82, 2.24) is 9.55 Å². The number of ether oxygens (including phenoxy) is 1. The van der Waals surface area contributed by atoms with Gasteiger partial charge in [0.25, 0.3) is 0 Å². The molecule has 0 fully saturated rings. The van der Waals surface area contributed by atoms with Gasteiger partial charge in [-0.15, -0.1) is 0 Å². The molecule has 0 aliphatic carbocycles. The van der Waals surface area contributed by atoms with E-state index >= 15 is 0 Å². The molecule has 0 atom stereocenters. The Bertz CT molecular complexity index is 1000. The van der Waals surface area contributed by atoms with E-state index in [1.54, 1.807) is 13.0 Å². The van der Waals surface area contributed by atoms with E-state index in [4.69, 9.17) is 4.74 Å². The van der Waals surface area contributed by atoms with E-state index in [1.807, 2.05) is 24.5 Å². The zero-order chi connectivity index (χ0) is 19.6. The number of hydrogen-bond acceptors (Lipinski definition) is 5. The lowest BCUT2D eigenvalue weighted by Gasteiger charge is -2.09. The highest BCUT2D eigenvalue weighted by atomic mass is 32.1. The van der Waals surface area contributed by atoms with Gasteiger partial charge in [-0.05, 0) is 51.0 Å². The van der Waals surface area contributed by atoms with Crippen LogP contribution < -0.4 is 5.32 Å². The van der Waals surface area contributed by atoms with Crippen LogP contribution in [0.15, 0.2) is 24.3 Å². The van der Waals surface area contributed by atoms with Gasteiger partial charge < -0.3 is 14.6 Å². The zero-order valence-corrected chi connectivity index (χ0v) is 16.8. The van der Waals surface area contributed by atoms with Gasteiger partial charge in [0.15, 0.2) is 5.13 Å². The zero-order valence-electron chi connectivity index (χ0n) is 16.0. The Labute approximate surface area is 162 Å². The van der Waals surface area contributed by atoms with Crippen molar-refractivity contribution >= 4 is 38.6 Å². The summed E-state index contributed by atoms with van der Waals surface area (Å²) in [6.45, 7) is 8.00. The van der Waals surface area contributed by atoms with Crippen LogP contribution in [-0.2, 0) is 22.5 Å². The number of carbonyl (C=O) groups excluding carboxylic acids is 2. The van der Waals surface area contributed by atoms with Gasteiger partial charge in [0, 0.05) is 11.4 Å². The highest BCUT2D eigenvalue weighted by Gasteiger charge is 2.18. The summed E-state index contributed by atoms with van der Waals surface area (Å²) in [4.78, 5) is 29.0. The van der Waals surface area contributed by atoms with Crippen LogP contribution in [0.4, 0.5) is 5.13 Å². The standard InChI is InChI=1S/C20H23N3O3S/c1-5-14-7-8-16-17(10-14)27-20(21-16)22-18(24)11-23-12(3)9-15(13(23)4)19(25)26-6-2/h7-10H,5-6,11H2,1-4H3,(H,21,22,24). The van der Waals surface area contributed by atoms with Gasteiger partial charge in [-0.3, -0.25) is 4.79 Å². The van der Waals surface area contributed by atoms with Crippen molar-refractivity contribution in [2.45, 2.75) is 40.7 Å². The molecule has 0 radical (unpaired) electrons. The average molecular weight is 385 g/mol. The van der Waals surface area contributed by atoms with Gasteiger partial charge in [0.2, 0.25) is 5.91 Å². The minimum atomic E-state index is -0.366. The van der Waals surface area contributed by atoms with Crippen molar-refractivity contribution < 1.29 is 14.3 Å². The maximum atomic E-state index is 12.5. The smallest absolute Gasteiger partial charge is 0.339 e. The maximum Gasteiger partial charge on any atom is 0.339 e. The Hall–Kier alpha value is -2.67. The number of carbonyl (C=O) groups is 2. The molecule has 142 valence electrons. The van der Waals surface area contributed by atoms with E-state index in [2.05, 4.69) is 29.4 Å². The molecule has 2 aromatic heterocycles. The summed E-state index contributed by atoms with van der Waals surface area (Å²) < 4.78 is 7.94. The molecule has 3 aromatic rings. The largest absolute Gasteiger partial charge is 0.462 e. The monoisotopic (exact) mass is 385 g/mol. The van der Waals surface area contributed by atoms with E-state index in [1.165, 1.54) is 16.9 Å². The number of amides is 1. The van der Waals surface area contributed by atoms with Crippen molar-refractivity contribution in [3.8, 4) is 0 Å². The van der Waals surface area contributed by atoms with E-state index in [0.717, 1.165) is 28.0 Å². The predicted octanol–water partition coefficient (Wildman–Crippen LogP) is 4.09. The first-order chi connectivity index (χ1) is 12.9. The van der Waals surface area contributed by atoms with Gasteiger partial charge in [-0.1, -0.05) is 24.3 Å². The number of nitrogens with one attached hydrogen (secondary N) is 1. The Morgan fingerprint density at radius 2 is 2.00 bits per heavy atom. The van der Waals surface area contributed by atoms with Crippen LogP contribution in [0.5, 0.6) is 0 Å². The number of rotatable bonds is 6. The highest BCUT2D eigenvalue weighted by molar-refractivity contribution is 7.22. The molecule has 6 nitrogen and oxygen atoms in total. The number of aromatic nitrogens is 2. The second-order valence-corrected chi connectivity index (χ2v) is 7.34. The Balaban J connectivity index is 1.75. The first-order valence-corrected chi connectivity index (χ1v) is 9.77. The first kappa shape index (κ1) is 19.1. The fourth-order valence-electron chi connectivity index (χ4n) is 3.00. The van der Waals surface area contributed by atoms with E-state index < -0.39 is 0 Å². The summed E-state index contributed by atoms with van der Waals surface area (Å²) in [5, 5.41) is 3.45. The van der Waals surface area contributed by atoms with Gasteiger partial charge in [0.1, 0.15) is 6.54 Å². The first-order valence-electron chi connectivity index (χ1n) is 8.96. The van der Waals surface area contributed by atoms with Gasteiger partial charge in [-0.25, -0.2) is 9.78 Å². The van der Waals surface area contributed by atoms with Crippen molar-refractivity contribution in [3.05, 3.63) is 46.8 Å². The topological polar surface area (TPSA) is 73.2 Å². The van der Waals surface area contributed by atoms with Crippen molar-refractivity contribution in [3.63, 3.8) is 0 Å². The van der Waals surface area contributed by atoms with E-state index in [0.29, 0.717) is 17.3 Å². The van der Waals surface area contributed by atoms with Crippen molar-refractivity contribution in [1.29, 1.82) is 0 Å². The van der Waals surface area contributed by atoms with Gasteiger partial charge >= 0.3 is 5.97 Å². The third kappa shape index (κ3) is 4.03. The number of benzene rings is 1. The lowest BCUT2D eigenvalue weighted by Crippen LogP contribution is -2.20. The highest BCUT2D eigenvalue weighted by Crippen LogP contribution is 2.27. The van der Waals surface area contributed by atoms with Crippen LogP contribution in [0.2, 0.25) is 0 Å². The second-order valence-electron chi connectivity index (χ2n) is 6.31. The molecular weight excluding hydrogens is 362 g/mol. The Morgan fingerprint density at radius 3 is 2.70 bits per heavy atom. The summed E-state index contributed by atoms with van der Waals surface area (Å²) >= 11 is 1.46. The summed E-state index contributed by atoms with van der Waals surface area (Å²) in [5.74, 6) is -0.544. The average Bonchev–Trinajstić information content (AvgIpc) is 3.16. The summed E-state index contributed by atoms with van der Waals surface area (Å²) in [5.41, 5.74) is 4.18. The number of aryl methyl sites for hydroxylation is 2. The molecule has 2 heterocycles. The molecule has 3 rings (SSSR count). The third-order valence-electron chi connectivity index (χ3n) is 4.48. The van der Waals surface area contributed by atoms with E-state index in [-0.39, 0.29) is 18.4 Å². The SMILES string of the molecule is CCOC(=O)c1cc(C)n(CC(=O)Nc2nc3ccc(CC)cc3s2)c1C. The predicted molar refractivity (Wildman–Crippen MR) is 107 cm³/mol. The summed E-state index contributed by atoms with van der Waals surface area (Å²) in [6, 6.07) is 7.89. The maximum absolute atomic E-state index is 12.5. The number of anilines is 1. The second kappa shape index (κ2) is 7.92. The van der Waals surface area contributed by atoms with Crippen molar-refractivity contribution in [2.75, 3.05) is 11.9 Å². The fourth-order valence-corrected chi connectivity index (χ4v) is 3.95. The normalized spacial score (nSPS) is 11.0. The Kier molecular flexibility index (Phi) is 5.60. The summed E-state index contributed by atoms with van der Waals surface area (Å²) in [7, 11) is 0. The number of thiazole rings is 1. The molecule has 1 aromatic carbocycles. The molecule has 0 aliphatic rings. The molecule has 27 heavy (non-hydrogen) atoms. The van der Waals surface area contributed by atoms with Gasteiger partial charge in [-0.2, -0.15) is 0 Å². The minimum Gasteiger partial charge on any atom is -0.462 e. The lowest BCUT2D eigenvalue weighted by atomic mass is 10.2.